The van der Waals surface area contributed by atoms with E-state index in [0.29, 0.717) is 5.52 Å². The molecule has 7 heteroatoms. The molecule has 1 heterocycles. The highest BCUT2D eigenvalue weighted by Gasteiger charge is 2.19. The predicted molar refractivity (Wildman–Crippen MR) is 73.2 cm³/mol. The fraction of sp³-hybridized carbons (Fsp3) is 0.333. The third-order valence-electron chi connectivity index (χ3n) is 2.39. The number of fused-ring (bicyclic) bond motifs is 1. The van der Waals surface area contributed by atoms with E-state index in [4.69, 9.17) is 20.8 Å². The van der Waals surface area contributed by atoms with Gasteiger partial charge in [-0.05, 0) is 38.1 Å². The van der Waals surface area contributed by atoms with Crippen LogP contribution in [-0.2, 0) is 11.0 Å². The smallest absolute Gasteiger partial charge is 0.404 e. The number of aromatic nitrogens is 1. The summed E-state index contributed by atoms with van der Waals surface area (Å²) in [5.41, 5.74) is 0.443. The van der Waals surface area contributed by atoms with Gasteiger partial charge in [0.25, 0.3) is 0 Å². The van der Waals surface area contributed by atoms with E-state index in [2.05, 4.69) is 9.51 Å². The molecule has 0 saturated carbocycles. The van der Waals surface area contributed by atoms with Crippen LogP contribution in [0.1, 0.15) is 16.5 Å². The molecule has 0 atom stereocenters. The maximum atomic E-state index is 11.2. The van der Waals surface area contributed by atoms with Crippen LogP contribution in [-0.4, -0.2) is 40.1 Å². The summed E-state index contributed by atoms with van der Waals surface area (Å²) in [6.07, 6.45) is 0.609. The van der Waals surface area contributed by atoms with Gasteiger partial charge in [-0.15, -0.1) is 0 Å². The fourth-order valence-corrected chi connectivity index (χ4v) is 2.14. The minimum atomic E-state index is -4.91. The SMILES string of the molecule is [2H]C([2H])([2H])N(C([2H])([2H])[2H])C([2H])([2H])Cc1c[nH]c2cccc(OP(=O)(O)O)c12. The molecular formula is C12H17N2O4P. The molecule has 0 unspecified atom stereocenters. The first-order valence-corrected chi connectivity index (χ1v) is 6.70. The molecule has 0 aliphatic heterocycles. The summed E-state index contributed by atoms with van der Waals surface area (Å²) in [5.74, 6) is -0.248. The Bertz CT molecular complexity index is 858. The number of nitrogens with one attached hydrogen (secondary N) is 1. The third kappa shape index (κ3) is 3.58. The highest BCUT2D eigenvalue weighted by Crippen LogP contribution is 2.41. The van der Waals surface area contributed by atoms with Gasteiger partial charge >= 0.3 is 7.82 Å². The molecule has 2 aromatic rings. The van der Waals surface area contributed by atoms with Gasteiger partial charge < -0.3 is 14.4 Å². The predicted octanol–water partition coefficient (Wildman–Crippen LogP) is 1.74. The number of rotatable bonds is 5. The normalized spacial score (nSPS) is 20.6. The van der Waals surface area contributed by atoms with Gasteiger partial charge in [-0.25, -0.2) is 4.57 Å². The highest BCUT2D eigenvalue weighted by molar-refractivity contribution is 7.46. The first kappa shape index (κ1) is 6.90. The monoisotopic (exact) mass is 292 g/mol. The Morgan fingerprint density at radius 1 is 1.53 bits per heavy atom. The van der Waals surface area contributed by atoms with Gasteiger partial charge in [0, 0.05) is 34.6 Å². The van der Waals surface area contributed by atoms with Crippen LogP contribution in [0, 0.1) is 0 Å². The lowest BCUT2D eigenvalue weighted by Gasteiger charge is -2.11. The Labute approximate surface area is 122 Å². The Kier molecular flexibility index (Phi) is 1.94. The molecule has 0 bridgehead atoms. The summed E-state index contributed by atoms with van der Waals surface area (Å²) in [6, 6.07) is 4.23. The number of aromatic amines is 1. The topological polar surface area (TPSA) is 85.8 Å². The lowest BCUT2D eigenvalue weighted by Crippen LogP contribution is -2.14. The van der Waals surface area contributed by atoms with Gasteiger partial charge in [-0.1, -0.05) is 6.07 Å². The average Bonchev–Trinajstić information content (AvgIpc) is 2.76. The van der Waals surface area contributed by atoms with Gasteiger partial charge in [0.15, 0.2) is 0 Å². The Hall–Kier alpha value is -1.33. The van der Waals surface area contributed by atoms with Crippen molar-refractivity contribution >= 4 is 18.7 Å². The Morgan fingerprint density at radius 3 is 3.00 bits per heavy atom. The van der Waals surface area contributed by atoms with Gasteiger partial charge in [-0.3, -0.25) is 9.79 Å². The van der Waals surface area contributed by atoms with E-state index in [1.54, 1.807) is 0 Å². The number of H-pyrrole nitrogens is 1. The second-order valence-corrected chi connectivity index (χ2v) is 4.91. The zero-order valence-corrected chi connectivity index (χ0v) is 10.5. The van der Waals surface area contributed by atoms with Crippen molar-refractivity contribution in [1.82, 2.24) is 9.88 Å². The lowest BCUT2D eigenvalue weighted by atomic mass is 10.1. The molecule has 3 N–H and O–H groups in total. The van der Waals surface area contributed by atoms with Gasteiger partial charge in [0.2, 0.25) is 0 Å². The second kappa shape index (κ2) is 5.35. The number of nitrogens with zero attached hydrogens (tertiary/aromatic N) is 1. The molecule has 19 heavy (non-hydrogen) atoms. The Balaban J connectivity index is 2.53. The van der Waals surface area contributed by atoms with Crippen LogP contribution < -0.4 is 4.52 Å². The molecule has 0 saturated heterocycles. The van der Waals surface area contributed by atoms with Crippen molar-refractivity contribution < 1.29 is 29.8 Å². The van der Waals surface area contributed by atoms with Crippen LogP contribution in [0.4, 0.5) is 0 Å². The summed E-state index contributed by atoms with van der Waals surface area (Å²) >= 11 is 0. The van der Waals surface area contributed by atoms with E-state index in [1.807, 2.05) is 0 Å². The summed E-state index contributed by atoms with van der Waals surface area (Å²) in [5, 5.41) is 0.112. The number of benzene rings is 1. The summed E-state index contributed by atoms with van der Waals surface area (Å²) in [7, 11) is -4.91. The number of hydrogen-bond acceptors (Lipinski definition) is 3. The number of phosphoric ester groups is 1. The van der Waals surface area contributed by atoms with Crippen molar-refractivity contribution in [3.05, 3.63) is 30.0 Å². The zero-order chi connectivity index (χ0) is 20.8. The van der Waals surface area contributed by atoms with Crippen molar-refractivity contribution in [2.24, 2.45) is 0 Å². The van der Waals surface area contributed by atoms with Crippen LogP contribution in [0.3, 0.4) is 0 Å². The largest absolute Gasteiger partial charge is 0.524 e. The van der Waals surface area contributed by atoms with Gasteiger partial charge in [0.05, 0.1) is 0 Å². The number of likely N-dealkylation sites (N-methyl/N-ethyl adjacent to an activating group) is 1. The first-order chi connectivity index (χ1) is 12.0. The van der Waals surface area contributed by atoms with E-state index in [0.717, 1.165) is 0 Å². The van der Waals surface area contributed by atoms with Crippen LogP contribution in [0.2, 0.25) is 0 Å². The quantitative estimate of drug-likeness (QED) is 0.731. The molecule has 1 aromatic carbocycles. The molecule has 0 fully saturated rings. The van der Waals surface area contributed by atoms with E-state index in [1.165, 1.54) is 24.4 Å². The number of aryl methyl sites for hydroxylation is 1. The van der Waals surface area contributed by atoms with Crippen LogP contribution in [0.15, 0.2) is 24.4 Å². The second-order valence-electron chi connectivity index (χ2n) is 3.74. The zero-order valence-electron chi connectivity index (χ0n) is 17.6. The van der Waals surface area contributed by atoms with E-state index in [9.17, 15) is 4.57 Å². The summed E-state index contributed by atoms with van der Waals surface area (Å²) in [4.78, 5) is 20.7. The maximum absolute atomic E-state index is 11.2. The minimum Gasteiger partial charge on any atom is -0.404 e. The third-order valence-corrected chi connectivity index (χ3v) is 2.83. The summed E-state index contributed by atoms with van der Waals surface area (Å²) in [6.45, 7) is -9.32. The first-order valence-electron chi connectivity index (χ1n) is 9.17. The van der Waals surface area contributed by atoms with Crippen LogP contribution in [0.5, 0.6) is 5.75 Å². The Morgan fingerprint density at radius 2 is 2.32 bits per heavy atom. The van der Waals surface area contributed by atoms with Crippen molar-refractivity contribution in [3.63, 3.8) is 0 Å². The van der Waals surface area contributed by atoms with Gasteiger partial charge in [-0.2, -0.15) is 0 Å². The molecule has 1 aromatic heterocycles. The number of phosphoric acid groups is 1. The lowest BCUT2D eigenvalue weighted by molar-refractivity contribution is 0.284. The molecule has 6 nitrogen and oxygen atoms in total. The van der Waals surface area contributed by atoms with Crippen LogP contribution in [0.25, 0.3) is 10.9 Å². The number of hydrogen-bond donors (Lipinski definition) is 3. The van der Waals surface area contributed by atoms with Crippen molar-refractivity contribution in [3.8, 4) is 5.75 Å². The van der Waals surface area contributed by atoms with Crippen molar-refractivity contribution in [2.45, 2.75) is 6.42 Å². The fourth-order valence-electron chi connectivity index (χ4n) is 1.73. The molecule has 0 aliphatic carbocycles. The molecule has 104 valence electrons. The van der Waals surface area contributed by atoms with Gasteiger partial charge in [0.1, 0.15) is 5.75 Å². The summed E-state index contributed by atoms with van der Waals surface area (Å²) < 4.78 is 76.2. The minimum absolute atomic E-state index is 0.0950. The molecule has 0 amide bonds. The van der Waals surface area contributed by atoms with Crippen molar-refractivity contribution in [1.29, 1.82) is 0 Å². The maximum Gasteiger partial charge on any atom is 0.524 e. The van der Waals surface area contributed by atoms with Crippen LogP contribution >= 0.6 is 7.82 Å². The van der Waals surface area contributed by atoms with E-state index < -0.39 is 34.7 Å². The standard InChI is InChI=1S/C12H17N2O4P/c1-14(2)7-6-9-8-13-10-4-3-5-11(12(9)10)18-19(15,16)17/h3-5,8,13H,6-7H2,1-2H3,(H2,15,16,17)/i1D3,2D3,7D2. The molecule has 2 rings (SSSR count). The van der Waals surface area contributed by atoms with Crippen molar-refractivity contribution in [2.75, 3.05) is 20.4 Å². The average molecular weight is 292 g/mol. The molecular weight excluding hydrogens is 267 g/mol. The molecule has 0 aliphatic rings. The van der Waals surface area contributed by atoms with E-state index in [-0.39, 0.29) is 21.6 Å². The highest BCUT2D eigenvalue weighted by atomic mass is 31.2. The molecule has 0 radical (unpaired) electrons. The van der Waals surface area contributed by atoms with E-state index >= 15 is 0 Å². The molecule has 0 spiro atoms.